The monoisotopic (exact) mass is 217 g/mol. The zero-order valence-corrected chi connectivity index (χ0v) is 9.66. The number of nitrogens with one attached hydrogen (secondary N) is 1. The van der Waals surface area contributed by atoms with E-state index < -0.39 is 0 Å². The molecule has 3 N–H and O–H groups in total. The van der Waals surface area contributed by atoms with E-state index in [1.165, 1.54) is 0 Å². The van der Waals surface area contributed by atoms with Crippen LogP contribution in [-0.4, -0.2) is 17.3 Å². The molecule has 1 aromatic carbocycles. The van der Waals surface area contributed by atoms with Gasteiger partial charge in [0.1, 0.15) is 5.75 Å². The standard InChI is InChI=1S/C12H15N3O/c1-7-8(2)14-15-12(7)10-5-4-9(16-3)6-11(10)13/h4-6H,13H2,1-3H3,(H,14,15). The van der Waals surface area contributed by atoms with E-state index in [9.17, 15) is 0 Å². The van der Waals surface area contributed by atoms with Crippen LogP contribution in [0.15, 0.2) is 18.2 Å². The summed E-state index contributed by atoms with van der Waals surface area (Å²) in [4.78, 5) is 0. The second-order valence-electron chi connectivity index (χ2n) is 3.78. The summed E-state index contributed by atoms with van der Waals surface area (Å²) in [7, 11) is 1.62. The first-order valence-electron chi connectivity index (χ1n) is 5.09. The molecule has 0 fully saturated rings. The van der Waals surface area contributed by atoms with E-state index in [1.54, 1.807) is 13.2 Å². The summed E-state index contributed by atoms with van der Waals surface area (Å²) in [6, 6.07) is 5.62. The summed E-state index contributed by atoms with van der Waals surface area (Å²) in [5.41, 5.74) is 10.7. The maximum atomic E-state index is 5.97. The first kappa shape index (κ1) is 10.5. The normalized spacial score (nSPS) is 10.4. The Hall–Kier alpha value is -1.97. The molecule has 0 spiro atoms. The van der Waals surface area contributed by atoms with Gasteiger partial charge in [0, 0.05) is 23.0 Å². The third-order valence-electron chi connectivity index (χ3n) is 2.77. The lowest BCUT2D eigenvalue weighted by molar-refractivity contribution is 0.415. The van der Waals surface area contributed by atoms with Gasteiger partial charge < -0.3 is 10.5 Å². The van der Waals surface area contributed by atoms with Crippen LogP contribution in [0.5, 0.6) is 5.75 Å². The predicted molar refractivity (Wildman–Crippen MR) is 64.5 cm³/mol. The molecular weight excluding hydrogens is 202 g/mol. The lowest BCUT2D eigenvalue weighted by atomic mass is 10.1. The molecule has 1 aromatic heterocycles. The van der Waals surface area contributed by atoms with Crippen molar-refractivity contribution < 1.29 is 4.74 Å². The molecule has 0 unspecified atom stereocenters. The number of hydrogen-bond donors (Lipinski definition) is 2. The summed E-state index contributed by atoms with van der Waals surface area (Å²) >= 11 is 0. The minimum atomic E-state index is 0.675. The van der Waals surface area contributed by atoms with Crippen LogP contribution in [0.4, 0.5) is 5.69 Å². The van der Waals surface area contributed by atoms with Gasteiger partial charge in [-0.05, 0) is 31.5 Å². The van der Waals surface area contributed by atoms with E-state index in [0.29, 0.717) is 5.69 Å². The van der Waals surface area contributed by atoms with E-state index in [4.69, 9.17) is 10.5 Å². The number of nitrogens with two attached hydrogens (primary N) is 1. The molecule has 4 nitrogen and oxygen atoms in total. The Morgan fingerprint density at radius 1 is 1.31 bits per heavy atom. The Bertz CT molecular complexity index is 517. The van der Waals surface area contributed by atoms with Crippen molar-refractivity contribution in [3.63, 3.8) is 0 Å². The number of ether oxygens (including phenoxy) is 1. The largest absolute Gasteiger partial charge is 0.497 e. The number of methoxy groups -OCH3 is 1. The molecule has 0 aliphatic carbocycles. The van der Waals surface area contributed by atoms with Crippen LogP contribution >= 0.6 is 0 Å². The zero-order valence-electron chi connectivity index (χ0n) is 9.66. The third-order valence-corrected chi connectivity index (χ3v) is 2.77. The lowest BCUT2D eigenvalue weighted by Crippen LogP contribution is -1.93. The van der Waals surface area contributed by atoms with E-state index in [1.807, 2.05) is 26.0 Å². The van der Waals surface area contributed by atoms with Crippen LogP contribution in [-0.2, 0) is 0 Å². The summed E-state index contributed by atoms with van der Waals surface area (Å²) < 4.78 is 5.11. The van der Waals surface area contributed by atoms with Crippen molar-refractivity contribution in [1.29, 1.82) is 0 Å². The fourth-order valence-corrected chi connectivity index (χ4v) is 1.63. The van der Waals surface area contributed by atoms with Gasteiger partial charge in [0.25, 0.3) is 0 Å². The zero-order chi connectivity index (χ0) is 11.7. The molecule has 2 rings (SSSR count). The van der Waals surface area contributed by atoms with Gasteiger partial charge in [-0.25, -0.2) is 0 Å². The number of benzene rings is 1. The van der Waals surface area contributed by atoms with Gasteiger partial charge in [-0.1, -0.05) is 0 Å². The fourth-order valence-electron chi connectivity index (χ4n) is 1.63. The number of anilines is 1. The molecule has 0 amide bonds. The van der Waals surface area contributed by atoms with Crippen LogP contribution < -0.4 is 10.5 Å². The maximum absolute atomic E-state index is 5.97. The topological polar surface area (TPSA) is 63.9 Å². The van der Waals surface area contributed by atoms with Crippen LogP contribution in [0.25, 0.3) is 11.3 Å². The predicted octanol–water partition coefficient (Wildman–Crippen LogP) is 2.28. The lowest BCUT2D eigenvalue weighted by Gasteiger charge is -2.06. The highest BCUT2D eigenvalue weighted by molar-refractivity contribution is 5.77. The van der Waals surface area contributed by atoms with Crippen molar-refractivity contribution in [1.82, 2.24) is 10.2 Å². The highest BCUT2D eigenvalue weighted by Gasteiger charge is 2.11. The Kier molecular flexibility index (Phi) is 2.56. The number of hydrogen-bond acceptors (Lipinski definition) is 3. The first-order chi connectivity index (χ1) is 7.63. The van der Waals surface area contributed by atoms with Crippen molar-refractivity contribution in [3.05, 3.63) is 29.5 Å². The van der Waals surface area contributed by atoms with E-state index >= 15 is 0 Å². The second kappa shape index (κ2) is 3.89. The molecule has 0 saturated heterocycles. The molecule has 0 atom stereocenters. The average Bonchev–Trinajstić information content (AvgIpc) is 2.60. The highest BCUT2D eigenvalue weighted by atomic mass is 16.5. The summed E-state index contributed by atoms with van der Waals surface area (Å²) in [6.45, 7) is 4.02. The minimum absolute atomic E-state index is 0.675. The van der Waals surface area contributed by atoms with Crippen LogP contribution in [0.1, 0.15) is 11.3 Å². The molecule has 1 heterocycles. The molecule has 0 aliphatic heterocycles. The third kappa shape index (κ3) is 1.62. The first-order valence-corrected chi connectivity index (χ1v) is 5.09. The molecule has 2 aromatic rings. The van der Waals surface area contributed by atoms with Gasteiger partial charge in [-0.3, -0.25) is 5.10 Å². The van der Waals surface area contributed by atoms with E-state index in [2.05, 4.69) is 10.2 Å². The van der Waals surface area contributed by atoms with Crippen LogP contribution in [0, 0.1) is 13.8 Å². The number of nitrogens with zero attached hydrogens (tertiary/aromatic N) is 1. The Labute approximate surface area is 94.4 Å². The van der Waals surface area contributed by atoms with Gasteiger partial charge in [-0.15, -0.1) is 0 Å². The van der Waals surface area contributed by atoms with Crippen molar-refractivity contribution in [2.45, 2.75) is 13.8 Å². The maximum Gasteiger partial charge on any atom is 0.120 e. The van der Waals surface area contributed by atoms with Gasteiger partial charge in [0.2, 0.25) is 0 Å². The van der Waals surface area contributed by atoms with Crippen molar-refractivity contribution in [3.8, 4) is 17.0 Å². The van der Waals surface area contributed by atoms with Gasteiger partial charge in [-0.2, -0.15) is 5.10 Å². The molecule has 0 saturated carbocycles. The summed E-state index contributed by atoms with van der Waals surface area (Å²) in [5.74, 6) is 0.756. The van der Waals surface area contributed by atoms with Crippen molar-refractivity contribution in [2.75, 3.05) is 12.8 Å². The van der Waals surface area contributed by atoms with Crippen molar-refractivity contribution in [2.24, 2.45) is 0 Å². The van der Waals surface area contributed by atoms with Crippen LogP contribution in [0.3, 0.4) is 0 Å². The number of nitrogen functional groups attached to an aromatic ring is 1. The van der Waals surface area contributed by atoms with Crippen molar-refractivity contribution >= 4 is 5.69 Å². The number of H-pyrrole nitrogens is 1. The molecule has 0 bridgehead atoms. The smallest absolute Gasteiger partial charge is 0.120 e. The summed E-state index contributed by atoms with van der Waals surface area (Å²) in [6.07, 6.45) is 0. The Morgan fingerprint density at radius 2 is 2.06 bits per heavy atom. The summed E-state index contributed by atoms with van der Waals surface area (Å²) in [5, 5.41) is 7.21. The average molecular weight is 217 g/mol. The van der Waals surface area contributed by atoms with E-state index in [0.717, 1.165) is 28.3 Å². The quantitative estimate of drug-likeness (QED) is 0.758. The molecular formula is C12H15N3O. The Balaban J connectivity index is 2.52. The highest BCUT2D eigenvalue weighted by Crippen LogP contribution is 2.30. The molecule has 16 heavy (non-hydrogen) atoms. The van der Waals surface area contributed by atoms with E-state index in [-0.39, 0.29) is 0 Å². The number of aromatic amines is 1. The second-order valence-corrected chi connectivity index (χ2v) is 3.78. The Morgan fingerprint density at radius 3 is 2.56 bits per heavy atom. The van der Waals surface area contributed by atoms with Gasteiger partial charge in [0.05, 0.1) is 12.8 Å². The number of rotatable bonds is 2. The fraction of sp³-hybridized carbons (Fsp3) is 0.250. The number of aromatic nitrogens is 2. The number of aryl methyl sites for hydroxylation is 1. The molecule has 0 radical (unpaired) electrons. The molecule has 4 heteroatoms. The molecule has 84 valence electrons. The van der Waals surface area contributed by atoms with Gasteiger partial charge >= 0.3 is 0 Å². The van der Waals surface area contributed by atoms with Crippen LogP contribution in [0.2, 0.25) is 0 Å². The minimum Gasteiger partial charge on any atom is -0.497 e. The SMILES string of the molecule is COc1ccc(-c2n[nH]c(C)c2C)c(N)c1. The van der Waals surface area contributed by atoms with Gasteiger partial charge in [0.15, 0.2) is 0 Å². The molecule has 0 aliphatic rings.